The molecule has 0 saturated carbocycles. The van der Waals surface area contributed by atoms with E-state index in [9.17, 15) is 9.18 Å². The largest absolute Gasteiger partial charge is 0.383 e. The van der Waals surface area contributed by atoms with Gasteiger partial charge in [-0.1, -0.05) is 47.6 Å². The van der Waals surface area contributed by atoms with Crippen molar-refractivity contribution < 1.29 is 18.4 Å². The van der Waals surface area contributed by atoms with E-state index >= 15 is 0 Å². The number of hydrogen-bond acceptors (Lipinski definition) is 5. The van der Waals surface area contributed by atoms with E-state index in [2.05, 4.69) is 10.1 Å². The lowest BCUT2D eigenvalue weighted by Gasteiger charge is -2.24. The van der Waals surface area contributed by atoms with E-state index in [0.717, 1.165) is 37.1 Å². The summed E-state index contributed by atoms with van der Waals surface area (Å²) in [4.78, 5) is 17.0. The van der Waals surface area contributed by atoms with Crippen LogP contribution in [0, 0.1) is 5.82 Å². The molecule has 4 rings (SSSR count). The number of amides is 1. The van der Waals surface area contributed by atoms with Gasteiger partial charge in [0.1, 0.15) is 11.5 Å². The van der Waals surface area contributed by atoms with Gasteiger partial charge in [0.25, 0.3) is 5.91 Å². The summed E-state index contributed by atoms with van der Waals surface area (Å²) in [6, 6.07) is 15.8. The van der Waals surface area contributed by atoms with Crippen LogP contribution in [0.2, 0.25) is 0 Å². The van der Waals surface area contributed by atoms with E-state index in [-0.39, 0.29) is 18.0 Å². The van der Waals surface area contributed by atoms with Crippen molar-refractivity contribution in [3.63, 3.8) is 0 Å². The standard InChI is InChI=1S/C24H26FN3O3/c1-30-16-15-28(23(29)19-11-5-6-12-21(19)25)17-20-22(18-9-3-2-4-10-18)26-31-24(20)27-13-7-8-14-27/h2-6,9-12H,7-8,13-17H2,1H3. The highest BCUT2D eigenvalue weighted by atomic mass is 19.1. The first kappa shape index (κ1) is 21.1. The number of nitrogens with zero attached hydrogens (tertiary/aromatic N) is 3. The highest BCUT2D eigenvalue weighted by molar-refractivity contribution is 5.94. The van der Waals surface area contributed by atoms with Crippen molar-refractivity contribution in [3.05, 3.63) is 71.5 Å². The highest BCUT2D eigenvalue weighted by Gasteiger charge is 2.28. The Morgan fingerprint density at radius 3 is 2.55 bits per heavy atom. The van der Waals surface area contributed by atoms with Gasteiger partial charge in [0, 0.05) is 32.3 Å². The van der Waals surface area contributed by atoms with Crippen LogP contribution in [0.4, 0.5) is 10.3 Å². The molecule has 31 heavy (non-hydrogen) atoms. The van der Waals surface area contributed by atoms with Crippen LogP contribution in [0.5, 0.6) is 0 Å². The molecule has 6 nitrogen and oxygen atoms in total. The maximum absolute atomic E-state index is 14.4. The molecule has 3 aromatic rings. The first-order chi connectivity index (χ1) is 15.2. The maximum atomic E-state index is 14.4. The van der Waals surface area contributed by atoms with E-state index in [1.165, 1.54) is 12.1 Å². The number of benzene rings is 2. The normalized spacial score (nSPS) is 13.5. The van der Waals surface area contributed by atoms with Crippen molar-refractivity contribution in [1.29, 1.82) is 0 Å². The second-order valence-corrected chi connectivity index (χ2v) is 7.57. The first-order valence-electron chi connectivity index (χ1n) is 10.5. The Hall–Kier alpha value is -3.19. The minimum atomic E-state index is -0.539. The molecule has 2 aromatic carbocycles. The topological polar surface area (TPSA) is 58.8 Å². The highest BCUT2D eigenvalue weighted by Crippen LogP contribution is 2.34. The molecule has 1 saturated heterocycles. The van der Waals surface area contributed by atoms with Gasteiger partial charge in [-0.3, -0.25) is 4.79 Å². The third-order valence-corrected chi connectivity index (χ3v) is 5.51. The molecule has 1 fully saturated rings. The average Bonchev–Trinajstić information content (AvgIpc) is 3.47. The molecule has 1 aliphatic heterocycles. The number of anilines is 1. The second-order valence-electron chi connectivity index (χ2n) is 7.57. The number of aromatic nitrogens is 1. The van der Waals surface area contributed by atoms with Crippen LogP contribution in [0.3, 0.4) is 0 Å². The van der Waals surface area contributed by atoms with Crippen molar-refractivity contribution in [2.24, 2.45) is 0 Å². The van der Waals surface area contributed by atoms with Gasteiger partial charge >= 0.3 is 0 Å². The van der Waals surface area contributed by atoms with Crippen molar-refractivity contribution in [1.82, 2.24) is 10.1 Å². The third kappa shape index (κ3) is 4.61. The summed E-state index contributed by atoms with van der Waals surface area (Å²) in [5.74, 6) is -0.244. The van der Waals surface area contributed by atoms with Gasteiger partial charge in [-0.25, -0.2) is 4.39 Å². The van der Waals surface area contributed by atoms with Crippen LogP contribution in [0.25, 0.3) is 11.3 Å². The zero-order valence-electron chi connectivity index (χ0n) is 17.6. The summed E-state index contributed by atoms with van der Waals surface area (Å²) in [5.41, 5.74) is 2.48. The molecular weight excluding hydrogens is 397 g/mol. The summed E-state index contributed by atoms with van der Waals surface area (Å²) in [5, 5.41) is 4.35. The second kappa shape index (κ2) is 9.75. The Morgan fingerprint density at radius 1 is 1.13 bits per heavy atom. The molecule has 1 amide bonds. The fraction of sp³-hybridized carbons (Fsp3) is 0.333. The summed E-state index contributed by atoms with van der Waals surface area (Å²) in [7, 11) is 1.58. The molecule has 1 aromatic heterocycles. The van der Waals surface area contributed by atoms with Crippen LogP contribution in [-0.2, 0) is 11.3 Å². The average molecular weight is 423 g/mol. The molecule has 0 unspecified atom stereocenters. The van der Waals surface area contributed by atoms with Crippen LogP contribution >= 0.6 is 0 Å². The van der Waals surface area contributed by atoms with Gasteiger partial charge < -0.3 is 19.1 Å². The first-order valence-corrected chi connectivity index (χ1v) is 10.5. The maximum Gasteiger partial charge on any atom is 0.257 e. The number of carbonyl (C=O) groups excluding carboxylic acids is 1. The minimum Gasteiger partial charge on any atom is -0.383 e. The van der Waals surface area contributed by atoms with Crippen molar-refractivity contribution in [2.45, 2.75) is 19.4 Å². The van der Waals surface area contributed by atoms with Crippen LogP contribution in [0.1, 0.15) is 28.8 Å². The Balaban J connectivity index is 1.72. The number of ether oxygens (including phenoxy) is 1. The monoisotopic (exact) mass is 423 g/mol. The van der Waals surface area contributed by atoms with Crippen molar-refractivity contribution in [2.75, 3.05) is 38.3 Å². The Morgan fingerprint density at radius 2 is 1.84 bits per heavy atom. The molecule has 0 bridgehead atoms. The van der Waals surface area contributed by atoms with Gasteiger partial charge in [-0.2, -0.15) is 0 Å². The smallest absolute Gasteiger partial charge is 0.257 e. The number of halogens is 1. The molecule has 0 N–H and O–H groups in total. The third-order valence-electron chi connectivity index (χ3n) is 5.51. The quantitative estimate of drug-likeness (QED) is 0.539. The van der Waals surface area contributed by atoms with Gasteiger partial charge in [-0.05, 0) is 25.0 Å². The minimum absolute atomic E-state index is 0.0408. The van der Waals surface area contributed by atoms with E-state index in [1.54, 1.807) is 24.1 Å². The van der Waals surface area contributed by atoms with Gasteiger partial charge in [0.15, 0.2) is 0 Å². The summed E-state index contributed by atoms with van der Waals surface area (Å²) in [6.07, 6.45) is 2.17. The van der Waals surface area contributed by atoms with Gasteiger partial charge in [0.05, 0.1) is 24.3 Å². The molecule has 0 spiro atoms. The number of methoxy groups -OCH3 is 1. The zero-order valence-corrected chi connectivity index (χ0v) is 17.6. The van der Waals surface area contributed by atoms with Gasteiger partial charge in [0.2, 0.25) is 5.88 Å². The number of hydrogen-bond donors (Lipinski definition) is 0. The van der Waals surface area contributed by atoms with Crippen LogP contribution < -0.4 is 4.90 Å². The SMILES string of the molecule is COCCN(Cc1c(-c2ccccc2)noc1N1CCCC1)C(=O)c1ccccc1F. The van der Waals surface area contributed by atoms with E-state index in [4.69, 9.17) is 9.26 Å². The lowest BCUT2D eigenvalue weighted by atomic mass is 10.1. The van der Waals surface area contributed by atoms with E-state index < -0.39 is 5.82 Å². The predicted octanol–water partition coefficient (Wildman–Crippen LogP) is 4.37. The predicted molar refractivity (Wildman–Crippen MR) is 116 cm³/mol. The molecule has 0 radical (unpaired) electrons. The molecule has 162 valence electrons. The molecule has 0 aliphatic carbocycles. The molecule has 7 heteroatoms. The number of carbonyl (C=O) groups is 1. The fourth-order valence-corrected chi connectivity index (χ4v) is 3.88. The van der Waals surface area contributed by atoms with E-state index in [0.29, 0.717) is 24.7 Å². The summed E-state index contributed by atoms with van der Waals surface area (Å²) < 4.78 is 25.3. The molecular formula is C24H26FN3O3. The lowest BCUT2D eigenvalue weighted by molar-refractivity contribution is 0.0676. The zero-order chi connectivity index (χ0) is 21.6. The molecule has 2 heterocycles. The summed E-state index contributed by atoms with van der Waals surface area (Å²) >= 11 is 0. The molecule has 0 atom stereocenters. The number of rotatable bonds is 8. The van der Waals surface area contributed by atoms with Gasteiger partial charge in [-0.15, -0.1) is 0 Å². The molecule has 1 aliphatic rings. The van der Waals surface area contributed by atoms with Crippen LogP contribution in [-0.4, -0.2) is 49.3 Å². The van der Waals surface area contributed by atoms with E-state index in [1.807, 2.05) is 30.3 Å². The Bertz CT molecular complexity index is 1020. The van der Waals surface area contributed by atoms with Crippen LogP contribution in [0.15, 0.2) is 59.1 Å². The summed E-state index contributed by atoms with van der Waals surface area (Å²) in [6.45, 7) is 2.68. The lowest BCUT2D eigenvalue weighted by Crippen LogP contribution is -2.34. The van der Waals surface area contributed by atoms with Crippen molar-refractivity contribution in [3.8, 4) is 11.3 Å². The van der Waals surface area contributed by atoms with Crippen molar-refractivity contribution >= 4 is 11.8 Å². The fourth-order valence-electron chi connectivity index (χ4n) is 3.88. The Kier molecular flexibility index (Phi) is 6.62. The Labute approximate surface area is 181 Å².